The fourth-order valence-electron chi connectivity index (χ4n) is 3.29. The number of carbonyl (C=O) groups is 1. The summed E-state index contributed by atoms with van der Waals surface area (Å²) in [5.41, 5.74) is 1.13. The van der Waals surface area contributed by atoms with Gasteiger partial charge in [-0.2, -0.15) is 4.31 Å². The second-order valence-electron chi connectivity index (χ2n) is 7.17. The smallest absolute Gasteiger partial charge is 0.335 e. The number of sulfonamides is 1. The summed E-state index contributed by atoms with van der Waals surface area (Å²) in [7, 11) is -0.00426. The van der Waals surface area contributed by atoms with Gasteiger partial charge in [-0.3, -0.25) is 0 Å². The average Bonchev–Trinajstić information content (AvgIpc) is 2.97. The van der Waals surface area contributed by atoms with Crippen molar-refractivity contribution in [2.24, 2.45) is 0 Å². The number of hydrogen-bond acceptors (Lipinski definition) is 5. The van der Waals surface area contributed by atoms with Gasteiger partial charge in [0.15, 0.2) is 0 Å². The average molecular weight is 404 g/mol. The lowest BCUT2D eigenvalue weighted by Gasteiger charge is -2.20. The minimum atomic E-state index is -3.75. The van der Waals surface area contributed by atoms with Crippen molar-refractivity contribution < 1.29 is 18.3 Å². The summed E-state index contributed by atoms with van der Waals surface area (Å²) in [6.45, 7) is 0.933. The summed E-state index contributed by atoms with van der Waals surface area (Å²) in [6, 6.07) is 7.89. The number of benzene rings is 1. The molecule has 0 saturated carbocycles. The van der Waals surface area contributed by atoms with Gasteiger partial charge >= 0.3 is 5.97 Å². The number of rotatable bonds is 5. The Bertz CT molecular complexity index is 948. The summed E-state index contributed by atoms with van der Waals surface area (Å²) in [5, 5.41) is 9.49. The lowest BCUT2D eigenvalue weighted by Crippen LogP contribution is -2.32. The van der Waals surface area contributed by atoms with E-state index in [-0.39, 0.29) is 10.5 Å². The molecule has 0 spiro atoms. The zero-order valence-corrected chi connectivity index (χ0v) is 16.9. The second kappa shape index (κ2) is 8.28. The zero-order chi connectivity index (χ0) is 20.3. The standard InChI is InChI=1S/C20H25N3O4S/c1-22(2)19-8-7-15(14-21-19)16-11-17(20(24)25)13-18(12-16)28(26,27)23-9-5-3-4-6-10-23/h7-8,11-14H,3-6,9-10H2,1-2H3,(H,24,25). The quantitative estimate of drug-likeness (QED) is 0.825. The third-order valence-electron chi connectivity index (χ3n) is 4.90. The van der Waals surface area contributed by atoms with E-state index in [1.165, 1.54) is 16.4 Å². The number of nitrogens with zero attached hydrogens (tertiary/aromatic N) is 3. The molecule has 1 fully saturated rings. The van der Waals surface area contributed by atoms with Crippen molar-refractivity contribution in [1.29, 1.82) is 0 Å². The van der Waals surface area contributed by atoms with Crippen molar-refractivity contribution >= 4 is 21.8 Å². The van der Waals surface area contributed by atoms with E-state index < -0.39 is 16.0 Å². The summed E-state index contributed by atoms with van der Waals surface area (Å²) in [6.07, 6.45) is 5.28. The number of carboxylic acids is 1. The molecule has 3 rings (SSSR count). The van der Waals surface area contributed by atoms with E-state index >= 15 is 0 Å². The molecule has 28 heavy (non-hydrogen) atoms. The molecular formula is C20H25N3O4S. The Kier molecular flexibility index (Phi) is 6.00. The fourth-order valence-corrected chi connectivity index (χ4v) is 4.88. The minimum Gasteiger partial charge on any atom is -0.478 e. The highest BCUT2D eigenvalue weighted by Crippen LogP contribution is 2.28. The summed E-state index contributed by atoms with van der Waals surface area (Å²) >= 11 is 0. The normalized spacial score (nSPS) is 15.8. The Morgan fingerprint density at radius 1 is 1.04 bits per heavy atom. The summed E-state index contributed by atoms with van der Waals surface area (Å²) < 4.78 is 27.8. The number of carboxylic acid groups (broad SMARTS) is 1. The molecule has 0 unspecified atom stereocenters. The highest BCUT2D eigenvalue weighted by molar-refractivity contribution is 7.89. The van der Waals surface area contributed by atoms with Crippen LogP contribution in [0.5, 0.6) is 0 Å². The van der Waals surface area contributed by atoms with Crippen LogP contribution in [0.3, 0.4) is 0 Å². The molecule has 150 valence electrons. The maximum Gasteiger partial charge on any atom is 0.335 e. The maximum atomic E-state index is 13.2. The largest absolute Gasteiger partial charge is 0.478 e. The molecule has 1 saturated heterocycles. The Labute approximate surface area is 165 Å². The zero-order valence-electron chi connectivity index (χ0n) is 16.1. The van der Waals surface area contributed by atoms with Gasteiger partial charge in [0.2, 0.25) is 10.0 Å². The first-order valence-electron chi connectivity index (χ1n) is 9.31. The fraction of sp³-hybridized carbons (Fsp3) is 0.400. The van der Waals surface area contributed by atoms with Crippen LogP contribution in [0.1, 0.15) is 36.0 Å². The van der Waals surface area contributed by atoms with Crippen molar-refractivity contribution in [2.45, 2.75) is 30.6 Å². The highest BCUT2D eigenvalue weighted by Gasteiger charge is 2.26. The van der Waals surface area contributed by atoms with Gasteiger partial charge in [-0.15, -0.1) is 0 Å². The van der Waals surface area contributed by atoms with Crippen molar-refractivity contribution in [3.05, 3.63) is 42.1 Å². The predicted octanol–water partition coefficient (Wildman–Crippen LogP) is 3.08. The molecule has 0 bridgehead atoms. The minimum absolute atomic E-state index is 0.0148. The summed E-state index contributed by atoms with van der Waals surface area (Å²) in [4.78, 5) is 17.8. The second-order valence-corrected chi connectivity index (χ2v) is 9.11. The molecule has 1 aromatic heterocycles. The van der Waals surface area contributed by atoms with Gasteiger partial charge in [0.25, 0.3) is 0 Å². The van der Waals surface area contributed by atoms with E-state index in [1.807, 2.05) is 31.1 Å². The lowest BCUT2D eigenvalue weighted by molar-refractivity contribution is 0.0696. The summed E-state index contributed by atoms with van der Waals surface area (Å²) in [5.74, 6) is -0.400. The molecule has 0 radical (unpaired) electrons. The van der Waals surface area contributed by atoms with Crippen LogP contribution in [0.25, 0.3) is 11.1 Å². The third-order valence-corrected chi connectivity index (χ3v) is 6.77. The molecule has 8 heteroatoms. The molecule has 2 heterocycles. The molecule has 7 nitrogen and oxygen atoms in total. The Balaban J connectivity index is 2.05. The van der Waals surface area contributed by atoms with Crippen LogP contribution >= 0.6 is 0 Å². The van der Waals surface area contributed by atoms with Crippen LogP contribution in [0.15, 0.2) is 41.4 Å². The molecule has 1 aliphatic heterocycles. The van der Waals surface area contributed by atoms with E-state index in [9.17, 15) is 18.3 Å². The van der Waals surface area contributed by atoms with Crippen LogP contribution in [-0.2, 0) is 10.0 Å². The first-order chi connectivity index (χ1) is 13.3. The van der Waals surface area contributed by atoms with Crippen molar-refractivity contribution in [3.8, 4) is 11.1 Å². The van der Waals surface area contributed by atoms with Crippen molar-refractivity contribution in [3.63, 3.8) is 0 Å². The SMILES string of the molecule is CN(C)c1ccc(-c2cc(C(=O)O)cc(S(=O)(=O)N3CCCCCC3)c2)cn1. The van der Waals surface area contributed by atoms with Gasteiger partial charge in [0, 0.05) is 38.9 Å². The number of hydrogen-bond donors (Lipinski definition) is 1. The number of pyridine rings is 1. The topological polar surface area (TPSA) is 90.8 Å². The van der Waals surface area contributed by atoms with E-state index in [1.54, 1.807) is 12.3 Å². The number of aromatic carboxylic acids is 1. The van der Waals surface area contributed by atoms with Crippen molar-refractivity contribution in [2.75, 3.05) is 32.1 Å². The van der Waals surface area contributed by atoms with E-state index in [0.717, 1.165) is 31.5 Å². The molecule has 0 aliphatic carbocycles. The highest BCUT2D eigenvalue weighted by atomic mass is 32.2. The maximum absolute atomic E-state index is 13.2. The van der Waals surface area contributed by atoms with Gasteiger partial charge in [-0.25, -0.2) is 18.2 Å². The molecule has 0 amide bonds. The van der Waals surface area contributed by atoms with Gasteiger partial charge < -0.3 is 10.0 Å². The Hall–Kier alpha value is -2.45. The lowest BCUT2D eigenvalue weighted by atomic mass is 10.0. The predicted molar refractivity (Wildman–Crippen MR) is 108 cm³/mol. The van der Waals surface area contributed by atoms with Crippen molar-refractivity contribution in [1.82, 2.24) is 9.29 Å². The molecule has 1 aliphatic rings. The van der Waals surface area contributed by atoms with Gasteiger partial charge in [0.1, 0.15) is 5.82 Å². The molecule has 1 N–H and O–H groups in total. The van der Waals surface area contributed by atoms with Crippen LogP contribution in [0.4, 0.5) is 5.82 Å². The molecule has 2 aromatic rings. The van der Waals surface area contributed by atoms with Crippen LogP contribution in [0.2, 0.25) is 0 Å². The number of aromatic nitrogens is 1. The van der Waals surface area contributed by atoms with E-state index in [0.29, 0.717) is 24.2 Å². The first kappa shape index (κ1) is 20.3. The Morgan fingerprint density at radius 2 is 1.71 bits per heavy atom. The van der Waals surface area contributed by atoms with E-state index in [2.05, 4.69) is 4.98 Å². The van der Waals surface area contributed by atoms with Crippen LogP contribution in [0, 0.1) is 0 Å². The van der Waals surface area contributed by atoms with Crippen LogP contribution in [-0.4, -0.2) is 56.0 Å². The monoisotopic (exact) mass is 403 g/mol. The first-order valence-corrected chi connectivity index (χ1v) is 10.8. The third kappa shape index (κ3) is 4.34. The molecule has 1 aromatic carbocycles. The van der Waals surface area contributed by atoms with Crippen LogP contribution < -0.4 is 4.90 Å². The van der Waals surface area contributed by atoms with Gasteiger partial charge in [-0.1, -0.05) is 12.8 Å². The van der Waals surface area contributed by atoms with Gasteiger partial charge in [-0.05, 0) is 48.7 Å². The Morgan fingerprint density at radius 3 is 2.25 bits per heavy atom. The number of anilines is 1. The van der Waals surface area contributed by atoms with E-state index in [4.69, 9.17) is 0 Å². The molecule has 0 atom stereocenters. The molecular weight excluding hydrogens is 378 g/mol. The van der Waals surface area contributed by atoms with Gasteiger partial charge in [0.05, 0.1) is 10.5 Å².